The molecule has 0 aromatic heterocycles. The number of piperazine rings is 1. The van der Waals surface area contributed by atoms with Gasteiger partial charge in [0.1, 0.15) is 0 Å². The van der Waals surface area contributed by atoms with Crippen molar-refractivity contribution >= 4 is 32.6 Å². The van der Waals surface area contributed by atoms with Crippen LogP contribution in [0.2, 0.25) is 0 Å². The maximum Gasteiger partial charge on any atom is 0.240 e. The lowest BCUT2D eigenvalue weighted by molar-refractivity contribution is -0.139. The Morgan fingerprint density at radius 3 is 2.12 bits per heavy atom. The van der Waals surface area contributed by atoms with Gasteiger partial charge in [-0.1, -0.05) is 62.4 Å². The molecule has 1 N–H and O–H groups in total. The summed E-state index contributed by atoms with van der Waals surface area (Å²) in [5.74, 6) is 0.801. The van der Waals surface area contributed by atoms with Crippen molar-refractivity contribution in [3.63, 3.8) is 0 Å². The number of sulfonamides is 1. The summed E-state index contributed by atoms with van der Waals surface area (Å²) in [5, 5.41) is 1.83. The molecule has 2 fully saturated rings. The molecular weight excluding hydrogens is 450 g/mol. The van der Waals surface area contributed by atoms with Crippen molar-refractivity contribution in [1.29, 1.82) is 0 Å². The fourth-order valence-electron chi connectivity index (χ4n) is 5.04. The molecule has 1 aliphatic heterocycles. The van der Waals surface area contributed by atoms with Gasteiger partial charge in [-0.2, -0.15) is 0 Å². The molecule has 34 heavy (non-hydrogen) atoms. The van der Waals surface area contributed by atoms with Gasteiger partial charge in [0.05, 0.1) is 4.90 Å². The molecular formula is C26H35N3O4S. The van der Waals surface area contributed by atoms with Crippen molar-refractivity contribution in [2.45, 2.75) is 56.3 Å². The summed E-state index contributed by atoms with van der Waals surface area (Å²) in [6.45, 7) is 2.17. The molecule has 0 radical (unpaired) electrons. The molecule has 2 amide bonds. The average molecular weight is 486 g/mol. The largest absolute Gasteiger partial charge is 0.339 e. The maximum absolute atomic E-state index is 12.6. The highest BCUT2D eigenvalue weighted by atomic mass is 32.2. The van der Waals surface area contributed by atoms with E-state index in [1.165, 1.54) is 32.1 Å². The predicted octanol–water partition coefficient (Wildman–Crippen LogP) is 3.54. The predicted molar refractivity (Wildman–Crippen MR) is 133 cm³/mol. The Kier molecular flexibility index (Phi) is 8.21. The number of amides is 2. The Morgan fingerprint density at radius 1 is 0.824 bits per heavy atom. The van der Waals surface area contributed by atoms with Crippen LogP contribution in [0.1, 0.15) is 51.4 Å². The Hall–Kier alpha value is -2.45. The summed E-state index contributed by atoms with van der Waals surface area (Å²) in [6, 6.07) is 12.6. The van der Waals surface area contributed by atoms with Gasteiger partial charge in [0.15, 0.2) is 0 Å². The normalized spacial score (nSPS) is 17.8. The minimum absolute atomic E-state index is 0.0501. The fourth-order valence-corrected chi connectivity index (χ4v) is 6.10. The van der Waals surface area contributed by atoms with Gasteiger partial charge in [-0.05, 0) is 35.2 Å². The van der Waals surface area contributed by atoms with Gasteiger partial charge in [0.2, 0.25) is 21.8 Å². The lowest BCUT2D eigenvalue weighted by Gasteiger charge is -2.35. The summed E-state index contributed by atoms with van der Waals surface area (Å²) in [7, 11) is -3.69. The lowest BCUT2D eigenvalue weighted by atomic mass is 9.86. The number of fused-ring (bicyclic) bond motifs is 1. The number of hydrogen-bond acceptors (Lipinski definition) is 4. The quantitative estimate of drug-likeness (QED) is 0.620. The van der Waals surface area contributed by atoms with E-state index in [4.69, 9.17) is 0 Å². The third kappa shape index (κ3) is 6.36. The molecule has 0 bridgehead atoms. The number of hydrogen-bond donors (Lipinski definition) is 1. The van der Waals surface area contributed by atoms with Gasteiger partial charge in [-0.3, -0.25) is 9.59 Å². The molecule has 8 heteroatoms. The molecule has 1 saturated carbocycles. The molecule has 1 aliphatic carbocycles. The minimum atomic E-state index is -3.69. The molecule has 2 aromatic rings. The standard InChI is InChI=1S/C26H35N3O4S/c30-25(13-10-21-6-2-1-3-7-21)28-16-18-29(19-17-28)26(31)14-15-27-34(32,33)24-12-11-22-8-4-5-9-23(22)20-24/h4-5,8-9,11-12,20-21,27H,1-3,6-7,10,13-19H2. The van der Waals surface area contributed by atoms with Crippen molar-refractivity contribution in [2.24, 2.45) is 5.92 Å². The average Bonchev–Trinajstić information content (AvgIpc) is 2.87. The molecule has 1 saturated heterocycles. The van der Waals surface area contributed by atoms with E-state index >= 15 is 0 Å². The van der Waals surface area contributed by atoms with Gasteiger partial charge >= 0.3 is 0 Å². The van der Waals surface area contributed by atoms with Crippen molar-refractivity contribution in [2.75, 3.05) is 32.7 Å². The van der Waals surface area contributed by atoms with Crippen LogP contribution in [0, 0.1) is 5.92 Å². The molecule has 0 unspecified atom stereocenters. The van der Waals surface area contributed by atoms with E-state index < -0.39 is 10.0 Å². The van der Waals surface area contributed by atoms with Crippen molar-refractivity contribution in [3.8, 4) is 0 Å². The molecule has 2 aromatic carbocycles. The maximum atomic E-state index is 12.6. The van der Waals surface area contributed by atoms with Crippen LogP contribution in [-0.2, 0) is 19.6 Å². The van der Waals surface area contributed by atoms with Crippen LogP contribution in [0.3, 0.4) is 0 Å². The number of nitrogens with zero attached hydrogens (tertiary/aromatic N) is 2. The van der Waals surface area contributed by atoms with E-state index in [9.17, 15) is 18.0 Å². The van der Waals surface area contributed by atoms with Crippen LogP contribution >= 0.6 is 0 Å². The second-order valence-corrected chi connectivity index (χ2v) is 11.2. The van der Waals surface area contributed by atoms with Gasteiger partial charge < -0.3 is 9.80 Å². The van der Waals surface area contributed by atoms with Crippen molar-refractivity contribution in [3.05, 3.63) is 42.5 Å². The number of rotatable bonds is 8. The third-order valence-corrected chi connectivity index (χ3v) is 8.60. The first-order valence-electron chi connectivity index (χ1n) is 12.5. The second kappa shape index (κ2) is 11.3. The summed E-state index contributed by atoms with van der Waals surface area (Å²) in [5.41, 5.74) is 0. The lowest BCUT2D eigenvalue weighted by Crippen LogP contribution is -2.51. The molecule has 184 valence electrons. The Bertz CT molecular complexity index is 1100. The molecule has 2 aliphatic rings. The zero-order chi connectivity index (χ0) is 24.0. The zero-order valence-corrected chi connectivity index (χ0v) is 20.6. The first-order valence-corrected chi connectivity index (χ1v) is 13.9. The van der Waals surface area contributed by atoms with Crippen LogP contribution < -0.4 is 4.72 Å². The smallest absolute Gasteiger partial charge is 0.240 e. The van der Waals surface area contributed by atoms with Crippen molar-refractivity contribution in [1.82, 2.24) is 14.5 Å². The monoisotopic (exact) mass is 485 g/mol. The van der Waals surface area contributed by atoms with Crippen LogP contribution in [0.5, 0.6) is 0 Å². The highest BCUT2D eigenvalue weighted by Gasteiger charge is 2.25. The SMILES string of the molecule is O=C(CCNS(=O)(=O)c1ccc2ccccc2c1)N1CCN(C(=O)CCC2CCCCC2)CC1. The third-order valence-electron chi connectivity index (χ3n) is 7.14. The Labute approximate surface area is 202 Å². The summed E-state index contributed by atoms with van der Waals surface area (Å²) in [4.78, 5) is 28.9. The van der Waals surface area contributed by atoms with Gasteiger partial charge in [-0.15, -0.1) is 0 Å². The number of carbonyl (C=O) groups is 2. The Balaban J connectivity index is 1.19. The van der Waals surface area contributed by atoms with Crippen LogP contribution in [-0.4, -0.2) is 62.8 Å². The van der Waals surface area contributed by atoms with Gasteiger partial charge in [0, 0.05) is 45.6 Å². The van der Waals surface area contributed by atoms with E-state index in [0.717, 1.165) is 17.2 Å². The molecule has 4 rings (SSSR count). The van der Waals surface area contributed by atoms with E-state index in [-0.39, 0.29) is 29.7 Å². The highest BCUT2D eigenvalue weighted by molar-refractivity contribution is 7.89. The van der Waals surface area contributed by atoms with E-state index in [1.807, 2.05) is 29.2 Å². The molecule has 0 atom stereocenters. The number of benzene rings is 2. The second-order valence-electron chi connectivity index (χ2n) is 9.46. The number of carbonyl (C=O) groups excluding carboxylic acids is 2. The Morgan fingerprint density at radius 2 is 1.44 bits per heavy atom. The zero-order valence-electron chi connectivity index (χ0n) is 19.7. The van der Waals surface area contributed by atoms with Crippen molar-refractivity contribution < 1.29 is 18.0 Å². The first kappa shape index (κ1) is 24.7. The van der Waals surface area contributed by atoms with Gasteiger partial charge in [0.25, 0.3) is 0 Å². The summed E-state index contributed by atoms with van der Waals surface area (Å²) >= 11 is 0. The minimum Gasteiger partial charge on any atom is -0.339 e. The van der Waals surface area contributed by atoms with Gasteiger partial charge in [-0.25, -0.2) is 13.1 Å². The molecule has 0 spiro atoms. The molecule has 7 nitrogen and oxygen atoms in total. The van der Waals surface area contributed by atoms with E-state index in [2.05, 4.69) is 4.72 Å². The summed E-state index contributed by atoms with van der Waals surface area (Å²) in [6.07, 6.45) is 8.09. The first-order chi connectivity index (χ1) is 16.4. The molecule has 1 heterocycles. The summed E-state index contributed by atoms with van der Waals surface area (Å²) < 4.78 is 27.8. The van der Waals surface area contributed by atoms with E-state index in [0.29, 0.717) is 38.5 Å². The van der Waals surface area contributed by atoms with E-state index in [1.54, 1.807) is 23.1 Å². The number of nitrogens with one attached hydrogen (secondary N) is 1. The van der Waals surface area contributed by atoms with Crippen LogP contribution in [0.25, 0.3) is 10.8 Å². The topological polar surface area (TPSA) is 86.8 Å². The van der Waals surface area contributed by atoms with Crippen LogP contribution in [0.4, 0.5) is 0 Å². The highest BCUT2D eigenvalue weighted by Crippen LogP contribution is 2.27. The van der Waals surface area contributed by atoms with Crippen LogP contribution in [0.15, 0.2) is 47.4 Å². The fraction of sp³-hybridized carbons (Fsp3) is 0.538.